The normalized spacial score (nSPS) is 14.1. The highest BCUT2D eigenvalue weighted by Gasteiger charge is 2.24. The molecule has 0 atom stereocenters. The molecule has 1 amide bonds. The van der Waals surface area contributed by atoms with Gasteiger partial charge in [-0.3, -0.25) is 9.52 Å². The second-order valence-corrected chi connectivity index (χ2v) is 8.58. The van der Waals surface area contributed by atoms with E-state index in [0.717, 1.165) is 17.4 Å². The molecule has 1 aliphatic rings. The topological polar surface area (TPSA) is 66.5 Å². The Bertz CT molecular complexity index is 945. The second-order valence-electron chi connectivity index (χ2n) is 5.95. The third kappa shape index (κ3) is 4.26. The fourth-order valence-corrected chi connectivity index (χ4v) is 3.79. The van der Waals surface area contributed by atoms with Gasteiger partial charge in [0.1, 0.15) is 0 Å². The Hall–Kier alpha value is -1.76. The van der Waals surface area contributed by atoms with Crippen LogP contribution in [0.4, 0.5) is 5.69 Å². The Morgan fingerprint density at radius 3 is 2.48 bits per heavy atom. The zero-order valence-electron chi connectivity index (χ0n) is 13.4. The van der Waals surface area contributed by atoms with Crippen molar-refractivity contribution in [1.82, 2.24) is 4.90 Å². The fraction of sp³-hybridized carbons (Fsp3) is 0.235. The second kappa shape index (κ2) is 6.86. The standard InChI is InChI=1S/C17H16Cl2N2O3S/c1-25(23,24)20-16-5-4-14(19)9-15(16)17(22)21-7-6-11-8-13(18)3-2-12(11)10-21/h2-5,8-9,20H,6-7,10H2,1H3. The number of amides is 1. The van der Waals surface area contributed by atoms with Crippen LogP contribution in [-0.2, 0) is 23.0 Å². The molecule has 25 heavy (non-hydrogen) atoms. The highest BCUT2D eigenvalue weighted by atomic mass is 35.5. The zero-order valence-corrected chi connectivity index (χ0v) is 15.7. The molecule has 3 rings (SSSR count). The van der Waals surface area contributed by atoms with Crippen LogP contribution in [0.15, 0.2) is 36.4 Å². The zero-order chi connectivity index (χ0) is 18.2. The first kappa shape index (κ1) is 18.0. The number of nitrogens with one attached hydrogen (secondary N) is 1. The van der Waals surface area contributed by atoms with E-state index in [-0.39, 0.29) is 17.2 Å². The molecule has 1 N–H and O–H groups in total. The molecule has 0 aliphatic carbocycles. The maximum Gasteiger partial charge on any atom is 0.256 e. The molecule has 0 radical (unpaired) electrons. The molecule has 0 bridgehead atoms. The van der Waals surface area contributed by atoms with Crippen molar-refractivity contribution in [1.29, 1.82) is 0 Å². The van der Waals surface area contributed by atoms with E-state index in [0.29, 0.717) is 29.6 Å². The van der Waals surface area contributed by atoms with Gasteiger partial charge in [0.25, 0.3) is 5.91 Å². The number of nitrogens with zero attached hydrogens (tertiary/aromatic N) is 1. The van der Waals surface area contributed by atoms with Gasteiger partial charge >= 0.3 is 0 Å². The number of carbonyl (C=O) groups is 1. The van der Waals surface area contributed by atoms with E-state index in [9.17, 15) is 13.2 Å². The molecule has 132 valence electrons. The summed E-state index contributed by atoms with van der Waals surface area (Å²) in [6.45, 7) is 0.965. The number of fused-ring (bicyclic) bond motifs is 1. The summed E-state index contributed by atoms with van der Waals surface area (Å²) in [6, 6.07) is 10.1. The minimum atomic E-state index is -3.51. The molecule has 5 nitrogen and oxygen atoms in total. The summed E-state index contributed by atoms with van der Waals surface area (Å²) in [5.74, 6) is -0.269. The maximum absolute atomic E-state index is 12.9. The molecule has 0 saturated carbocycles. The Morgan fingerprint density at radius 1 is 1.08 bits per heavy atom. The van der Waals surface area contributed by atoms with Gasteiger partial charge in [0.05, 0.1) is 17.5 Å². The van der Waals surface area contributed by atoms with Gasteiger partial charge in [-0.1, -0.05) is 29.3 Å². The maximum atomic E-state index is 12.9. The number of sulfonamides is 1. The molecular weight excluding hydrogens is 383 g/mol. The molecule has 1 aliphatic heterocycles. The van der Waals surface area contributed by atoms with Gasteiger partial charge in [0, 0.05) is 23.1 Å². The van der Waals surface area contributed by atoms with Crippen molar-refractivity contribution in [2.45, 2.75) is 13.0 Å². The lowest BCUT2D eigenvalue weighted by Crippen LogP contribution is -2.36. The molecule has 0 saturated heterocycles. The minimum absolute atomic E-state index is 0.221. The van der Waals surface area contributed by atoms with Crippen molar-refractivity contribution in [3.8, 4) is 0 Å². The Labute approximate surface area is 156 Å². The van der Waals surface area contributed by atoms with Gasteiger partial charge in [-0.25, -0.2) is 8.42 Å². The first-order valence-corrected chi connectivity index (χ1v) is 10.2. The average Bonchev–Trinajstić information content (AvgIpc) is 2.54. The summed E-state index contributed by atoms with van der Waals surface area (Å²) in [5.41, 5.74) is 2.61. The van der Waals surface area contributed by atoms with E-state index in [1.807, 2.05) is 12.1 Å². The van der Waals surface area contributed by atoms with Crippen molar-refractivity contribution in [3.05, 3.63) is 63.1 Å². The van der Waals surface area contributed by atoms with Crippen molar-refractivity contribution in [3.63, 3.8) is 0 Å². The van der Waals surface area contributed by atoms with Gasteiger partial charge < -0.3 is 4.90 Å². The summed E-state index contributed by atoms with van der Waals surface area (Å²) in [7, 11) is -3.51. The number of halogens is 2. The molecule has 0 aromatic heterocycles. The smallest absolute Gasteiger partial charge is 0.256 e. The molecule has 2 aromatic rings. The van der Waals surface area contributed by atoms with Gasteiger partial charge in [0.2, 0.25) is 10.0 Å². The summed E-state index contributed by atoms with van der Waals surface area (Å²) in [6.07, 6.45) is 1.73. The Morgan fingerprint density at radius 2 is 1.76 bits per heavy atom. The van der Waals surface area contributed by atoms with Crippen molar-refractivity contribution < 1.29 is 13.2 Å². The molecule has 0 unspecified atom stereocenters. The van der Waals surface area contributed by atoms with E-state index in [4.69, 9.17) is 23.2 Å². The summed E-state index contributed by atoms with van der Waals surface area (Å²) in [5, 5.41) is 1.04. The van der Waals surface area contributed by atoms with E-state index >= 15 is 0 Å². The van der Waals surface area contributed by atoms with Crippen molar-refractivity contribution >= 4 is 44.8 Å². The van der Waals surface area contributed by atoms with Crippen LogP contribution in [0.1, 0.15) is 21.5 Å². The molecule has 0 fully saturated rings. The van der Waals surface area contributed by atoms with Crippen LogP contribution in [0, 0.1) is 0 Å². The molecular formula is C17H16Cl2N2O3S. The van der Waals surface area contributed by atoms with Crippen LogP contribution in [-0.4, -0.2) is 32.0 Å². The summed E-state index contributed by atoms with van der Waals surface area (Å²) < 4.78 is 25.5. The number of anilines is 1. The highest BCUT2D eigenvalue weighted by Crippen LogP contribution is 2.27. The largest absolute Gasteiger partial charge is 0.334 e. The SMILES string of the molecule is CS(=O)(=O)Nc1ccc(Cl)cc1C(=O)N1CCc2cc(Cl)ccc2C1. The van der Waals surface area contributed by atoms with Gasteiger partial charge in [-0.2, -0.15) is 0 Å². The third-order valence-electron chi connectivity index (χ3n) is 3.98. The van der Waals surface area contributed by atoms with Crippen LogP contribution in [0.3, 0.4) is 0 Å². The summed E-state index contributed by atoms with van der Waals surface area (Å²) >= 11 is 12.0. The third-order valence-corrected chi connectivity index (χ3v) is 5.04. The van der Waals surface area contributed by atoms with Crippen LogP contribution in [0.2, 0.25) is 10.0 Å². The fourth-order valence-electron chi connectivity index (χ4n) is 2.85. The van der Waals surface area contributed by atoms with Gasteiger partial charge in [-0.05, 0) is 47.9 Å². The summed E-state index contributed by atoms with van der Waals surface area (Å²) in [4.78, 5) is 14.6. The van der Waals surface area contributed by atoms with E-state index in [1.165, 1.54) is 12.1 Å². The average molecular weight is 399 g/mol. The highest BCUT2D eigenvalue weighted by molar-refractivity contribution is 7.92. The van der Waals surface area contributed by atoms with Crippen molar-refractivity contribution in [2.75, 3.05) is 17.5 Å². The number of hydrogen-bond acceptors (Lipinski definition) is 3. The quantitative estimate of drug-likeness (QED) is 0.858. The first-order chi connectivity index (χ1) is 11.7. The lowest BCUT2D eigenvalue weighted by molar-refractivity contribution is 0.0736. The molecule has 8 heteroatoms. The van der Waals surface area contributed by atoms with Crippen LogP contribution < -0.4 is 4.72 Å². The van der Waals surface area contributed by atoms with E-state index < -0.39 is 10.0 Å². The predicted octanol–water partition coefficient (Wildman–Crippen LogP) is 3.56. The Kier molecular flexibility index (Phi) is 4.95. The number of carbonyl (C=O) groups excluding carboxylic acids is 1. The van der Waals surface area contributed by atoms with Crippen LogP contribution in [0.5, 0.6) is 0 Å². The molecule has 0 spiro atoms. The van der Waals surface area contributed by atoms with Crippen molar-refractivity contribution in [2.24, 2.45) is 0 Å². The van der Waals surface area contributed by atoms with Crippen LogP contribution >= 0.6 is 23.2 Å². The number of hydrogen-bond donors (Lipinski definition) is 1. The van der Waals surface area contributed by atoms with E-state index in [1.54, 1.807) is 17.0 Å². The van der Waals surface area contributed by atoms with Crippen LogP contribution in [0.25, 0.3) is 0 Å². The van der Waals surface area contributed by atoms with Gasteiger partial charge in [-0.15, -0.1) is 0 Å². The monoisotopic (exact) mass is 398 g/mol. The lowest BCUT2D eigenvalue weighted by Gasteiger charge is -2.29. The number of benzene rings is 2. The first-order valence-electron chi connectivity index (χ1n) is 7.57. The van der Waals surface area contributed by atoms with E-state index in [2.05, 4.69) is 4.72 Å². The Balaban J connectivity index is 1.91. The number of rotatable bonds is 3. The molecule has 1 heterocycles. The lowest BCUT2D eigenvalue weighted by atomic mass is 9.99. The van der Waals surface area contributed by atoms with Gasteiger partial charge in [0.15, 0.2) is 0 Å². The minimum Gasteiger partial charge on any atom is -0.334 e. The molecule has 2 aromatic carbocycles. The predicted molar refractivity (Wildman–Crippen MR) is 99.8 cm³/mol.